The number of hydrogen-bond acceptors (Lipinski definition) is 5. The Morgan fingerprint density at radius 1 is 0.900 bits per heavy atom. The molecule has 0 aliphatic rings. The second-order valence-corrected chi connectivity index (χ2v) is 8.19. The van der Waals surface area contributed by atoms with Crippen molar-refractivity contribution in [1.29, 1.82) is 0 Å². The topological polar surface area (TPSA) is 85.3 Å². The Labute approximate surface area is 109 Å². The fourth-order valence-corrected chi connectivity index (χ4v) is 4.54. The lowest BCUT2D eigenvalue weighted by atomic mass is 10.2. The molecule has 0 aromatic rings. The second-order valence-electron chi connectivity index (χ2n) is 3.65. The van der Waals surface area contributed by atoms with Crippen molar-refractivity contribution in [1.82, 2.24) is 0 Å². The first-order valence-electron chi connectivity index (χ1n) is 4.65. The lowest BCUT2D eigenvalue weighted by Crippen LogP contribution is -2.45. The van der Waals surface area contributed by atoms with Gasteiger partial charge in [-0.05, 0) is 13.3 Å². The van der Waals surface area contributed by atoms with Crippen LogP contribution in [0, 0.1) is 0 Å². The van der Waals surface area contributed by atoms with Crippen LogP contribution in [0.2, 0.25) is 0 Å². The number of carbonyl (C=O) groups is 1. The van der Waals surface area contributed by atoms with Crippen LogP contribution < -0.4 is 0 Å². The van der Waals surface area contributed by atoms with Crippen LogP contribution in [0.1, 0.15) is 19.8 Å². The molecule has 0 fully saturated rings. The van der Waals surface area contributed by atoms with Gasteiger partial charge in [0, 0.05) is 6.42 Å². The van der Waals surface area contributed by atoms with Crippen LogP contribution in [0.25, 0.3) is 0 Å². The summed E-state index contributed by atoms with van der Waals surface area (Å²) in [6.07, 6.45) is -2.69. The van der Waals surface area contributed by atoms with Gasteiger partial charge in [-0.15, -0.1) is 0 Å². The van der Waals surface area contributed by atoms with Crippen molar-refractivity contribution in [2.75, 3.05) is 0 Å². The quantitative estimate of drug-likeness (QED) is 0.703. The molecular formula is C7H8F6O5S2. The second kappa shape index (κ2) is 5.50. The largest absolute Gasteiger partial charge is 0.498 e. The van der Waals surface area contributed by atoms with Crippen LogP contribution in [0.3, 0.4) is 0 Å². The van der Waals surface area contributed by atoms with E-state index in [0.29, 0.717) is 0 Å². The predicted octanol–water partition coefficient (Wildman–Crippen LogP) is 1.55. The average Bonchev–Trinajstić information content (AvgIpc) is 2.12. The maximum absolute atomic E-state index is 12.2. The Bertz CT molecular complexity index is 526. The molecule has 120 valence electrons. The number of rotatable bonds is 5. The van der Waals surface area contributed by atoms with Gasteiger partial charge >= 0.3 is 11.0 Å². The average molecular weight is 350 g/mol. The highest BCUT2D eigenvalue weighted by molar-refractivity contribution is 8.09. The Balaban J connectivity index is 5.97. The summed E-state index contributed by atoms with van der Waals surface area (Å²) in [6, 6.07) is 0. The molecule has 0 aromatic carbocycles. The summed E-state index contributed by atoms with van der Waals surface area (Å²) >= 11 is 0. The predicted molar refractivity (Wildman–Crippen MR) is 53.7 cm³/mol. The zero-order valence-corrected chi connectivity index (χ0v) is 11.3. The lowest BCUT2D eigenvalue weighted by Gasteiger charge is -2.20. The molecule has 0 spiro atoms. The van der Waals surface area contributed by atoms with Gasteiger partial charge in [0.1, 0.15) is 5.78 Å². The number of ketones is 1. The molecule has 13 heteroatoms. The zero-order chi connectivity index (χ0) is 16.6. The molecule has 0 atom stereocenters. The number of sulfone groups is 2. The van der Waals surface area contributed by atoms with Gasteiger partial charge in [-0.2, -0.15) is 26.3 Å². The minimum atomic E-state index is -6.64. The van der Waals surface area contributed by atoms with Gasteiger partial charge in [-0.25, -0.2) is 16.8 Å². The SMILES string of the molecule is CC(=O)CCC(S(=O)(=O)C(F)(F)F)S(=O)(=O)C(F)(F)F. The molecule has 0 aromatic heterocycles. The van der Waals surface area contributed by atoms with Gasteiger partial charge in [-0.3, -0.25) is 0 Å². The van der Waals surface area contributed by atoms with Crippen LogP contribution >= 0.6 is 0 Å². The molecule has 0 N–H and O–H groups in total. The molecule has 0 heterocycles. The highest BCUT2D eigenvalue weighted by Gasteiger charge is 2.62. The van der Waals surface area contributed by atoms with Crippen LogP contribution in [0.15, 0.2) is 0 Å². The molecule has 0 saturated carbocycles. The van der Waals surface area contributed by atoms with Crippen molar-refractivity contribution in [3.8, 4) is 0 Å². The van der Waals surface area contributed by atoms with Gasteiger partial charge in [0.05, 0.1) is 0 Å². The maximum Gasteiger partial charge on any atom is 0.498 e. The van der Waals surface area contributed by atoms with E-state index in [4.69, 9.17) is 0 Å². The molecule has 0 amide bonds. The summed E-state index contributed by atoms with van der Waals surface area (Å²) in [5.74, 6) is -0.954. The maximum atomic E-state index is 12.2. The Kier molecular flexibility index (Phi) is 5.27. The first kappa shape index (κ1) is 19.1. The van der Waals surface area contributed by atoms with E-state index in [1.807, 2.05) is 0 Å². The van der Waals surface area contributed by atoms with Crippen molar-refractivity contribution >= 4 is 25.5 Å². The number of hydrogen-bond donors (Lipinski definition) is 0. The number of halogens is 6. The van der Waals surface area contributed by atoms with Crippen LogP contribution in [-0.4, -0.2) is 38.2 Å². The number of Topliss-reactive ketones (excluding diaryl/α,β-unsaturated/α-hetero) is 1. The van der Waals surface area contributed by atoms with E-state index in [1.54, 1.807) is 0 Å². The number of carbonyl (C=O) groups excluding carboxylic acids is 1. The van der Waals surface area contributed by atoms with E-state index in [-0.39, 0.29) is 0 Å². The van der Waals surface area contributed by atoms with Crippen LogP contribution in [0.5, 0.6) is 0 Å². The summed E-state index contributed by atoms with van der Waals surface area (Å²) in [5.41, 5.74) is -12.4. The Morgan fingerprint density at radius 2 is 1.20 bits per heavy atom. The van der Waals surface area contributed by atoms with Crippen LogP contribution in [0.4, 0.5) is 26.3 Å². The molecule has 20 heavy (non-hydrogen) atoms. The fraction of sp³-hybridized carbons (Fsp3) is 0.857. The van der Waals surface area contributed by atoms with Gasteiger partial charge < -0.3 is 4.79 Å². The first-order valence-corrected chi connectivity index (χ1v) is 7.74. The minimum absolute atomic E-state index is 0.761. The van der Waals surface area contributed by atoms with Crippen molar-refractivity contribution in [3.05, 3.63) is 0 Å². The normalized spacial score (nSPS) is 14.6. The van der Waals surface area contributed by atoms with Crippen LogP contribution in [-0.2, 0) is 24.5 Å². The van der Waals surface area contributed by atoms with E-state index < -0.39 is 53.9 Å². The summed E-state index contributed by atoms with van der Waals surface area (Å²) in [6.45, 7) is 0.761. The summed E-state index contributed by atoms with van der Waals surface area (Å²) in [5, 5.41) is 0. The van der Waals surface area contributed by atoms with E-state index in [1.165, 1.54) is 0 Å². The monoisotopic (exact) mass is 350 g/mol. The zero-order valence-electron chi connectivity index (χ0n) is 9.62. The molecular weight excluding hydrogens is 342 g/mol. The smallest absolute Gasteiger partial charge is 0.300 e. The molecule has 5 nitrogen and oxygen atoms in total. The van der Waals surface area contributed by atoms with Crippen molar-refractivity contribution < 1.29 is 48.0 Å². The van der Waals surface area contributed by atoms with E-state index >= 15 is 0 Å². The molecule has 0 unspecified atom stereocenters. The minimum Gasteiger partial charge on any atom is -0.300 e. The Morgan fingerprint density at radius 3 is 1.40 bits per heavy atom. The third kappa shape index (κ3) is 3.84. The third-order valence-corrected chi connectivity index (χ3v) is 6.74. The summed E-state index contributed by atoms with van der Waals surface area (Å²) < 4.78 is 113. The summed E-state index contributed by atoms with van der Waals surface area (Å²) in [4.78, 5) is 10.5. The van der Waals surface area contributed by atoms with E-state index in [9.17, 15) is 48.0 Å². The molecule has 0 radical (unpaired) electrons. The Hall–Kier alpha value is -0.850. The van der Waals surface area contributed by atoms with Gasteiger partial charge in [-0.1, -0.05) is 0 Å². The molecule has 0 rings (SSSR count). The highest BCUT2D eigenvalue weighted by Crippen LogP contribution is 2.38. The first-order chi connectivity index (χ1) is 8.55. The fourth-order valence-electron chi connectivity index (χ4n) is 1.10. The molecule has 0 bridgehead atoms. The van der Waals surface area contributed by atoms with Gasteiger partial charge in [0.25, 0.3) is 19.7 Å². The van der Waals surface area contributed by atoms with Crippen molar-refractivity contribution in [2.24, 2.45) is 0 Å². The third-order valence-electron chi connectivity index (χ3n) is 2.07. The highest BCUT2D eigenvalue weighted by atomic mass is 32.3. The molecule has 0 aliphatic heterocycles. The molecule has 0 saturated heterocycles. The van der Waals surface area contributed by atoms with Gasteiger partial charge in [0.15, 0.2) is 4.58 Å². The standard InChI is InChI=1S/C7H8F6O5S2/c1-4(14)2-3-5(19(15,16)6(8,9)10)20(17,18)7(11,12)13/h5H,2-3H2,1H3. The molecule has 0 aliphatic carbocycles. The summed E-state index contributed by atoms with van der Waals surface area (Å²) in [7, 11) is -13.3. The van der Waals surface area contributed by atoms with E-state index in [0.717, 1.165) is 6.92 Å². The van der Waals surface area contributed by atoms with E-state index in [2.05, 4.69) is 0 Å². The lowest BCUT2D eigenvalue weighted by molar-refractivity contribution is -0.117. The van der Waals surface area contributed by atoms with Crippen molar-refractivity contribution in [3.63, 3.8) is 0 Å². The van der Waals surface area contributed by atoms with Gasteiger partial charge in [0.2, 0.25) is 0 Å². The number of alkyl halides is 6. The van der Waals surface area contributed by atoms with Crippen molar-refractivity contribution in [2.45, 2.75) is 35.4 Å².